The first-order valence-corrected chi connectivity index (χ1v) is 5.48. The van der Waals surface area contributed by atoms with Gasteiger partial charge >= 0.3 is 0 Å². The Kier molecular flexibility index (Phi) is 3.53. The predicted octanol–water partition coefficient (Wildman–Crippen LogP) is 1.37. The van der Waals surface area contributed by atoms with E-state index >= 15 is 0 Å². The van der Waals surface area contributed by atoms with Crippen LogP contribution in [0.15, 0.2) is 0 Å². The van der Waals surface area contributed by atoms with E-state index in [9.17, 15) is 4.79 Å². The van der Waals surface area contributed by atoms with Crippen molar-refractivity contribution in [2.24, 2.45) is 11.1 Å². The molecule has 1 aliphatic rings. The third kappa shape index (κ3) is 2.98. The van der Waals surface area contributed by atoms with E-state index in [1.807, 2.05) is 25.7 Å². The fourth-order valence-corrected chi connectivity index (χ4v) is 1.53. The molecule has 0 heterocycles. The zero-order valence-corrected chi connectivity index (χ0v) is 9.55. The Morgan fingerprint density at radius 2 is 2.00 bits per heavy atom. The first-order chi connectivity index (χ1) is 6.46. The summed E-state index contributed by atoms with van der Waals surface area (Å²) in [6, 6.07) is 0.508. The summed E-state index contributed by atoms with van der Waals surface area (Å²) < 4.78 is 0. The van der Waals surface area contributed by atoms with Crippen LogP contribution in [-0.2, 0) is 4.79 Å². The van der Waals surface area contributed by atoms with Gasteiger partial charge in [0, 0.05) is 18.0 Å². The van der Waals surface area contributed by atoms with Crippen LogP contribution >= 0.6 is 0 Å². The minimum Gasteiger partial charge on any atom is -0.339 e. The summed E-state index contributed by atoms with van der Waals surface area (Å²) in [7, 11) is 0. The molecule has 0 aromatic heterocycles. The molecule has 1 rings (SSSR count). The Bertz CT molecular complexity index is 204. The average molecular weight is 198 g/mol. The number of hydrogen-bond donors (Lipinski definition) is 1. The molecular weight excluding hydrogens is 176 g/mol. The van der Waals surface area contributed by atoms with Gasteiger partial charge in [0.2, 0.25) is 5.91 Å². The molecule has 1 saturated carbocycles. The molecule has 2 N–H and O–H groups in total. The topological polar surface area (TPSA) is 46.3 Å². The zero-order chi connectivity index (χ0) is 10.8. The number of amides is 1. The van der Waals surface area contributed by atoms with Crippen molar-refractivity contribution in [1.29, 1.82) is 0 Å². The van der Waals surface area contributed by atoms with Gasteiger partial charge in [0.15, 0.2) is 0 Å². The highest BCUT2D eigenvalue weighted by molar-refractivity contribution is 5.82. The van der Waals surface area contributed by atoms with Crippen LogP contribution in [0, 0.1) is 5.41 Å². The number of nitrogens with zero attached hydrogens (tertiary/aromatic N) is 1. The number of carbonyl (C=O) groups excluding carboxylic acids is 1. The highest BCUT2D eigenvalue weighted by Crippen LogP contribution is 2.30. The third-order valence-corrected chi connectivity index (χ3v) is 2.49. The lowest BCUT2D eigenvalue weighted by atomic mass is 9.94. The van der Waals surface area contributed by atoms with Crippen LogP contribution < -0.4 is 5.73 Å². The number of nitrogens with two attached hydrogens (primary N) is 1. The van der Waals surface area contributed by atoms with Crippen LogP contribution in [0.5, 0.6) is 0 Å². The SMILES string of the molecule is CC(C)(C)C(=O)N(CCCN)C1CC1. The Morgan fingerprint density at radius 1 is 1.43 bits per heavy atom. The second-order valence-electron chi connectivity index (χ2n) is 5.12. The molecule has 3 nitrogen and oxygen atoms in total. The van der Waals surface area contributed by atoms with Crippen molar-refractivity contribution < 1.29 is 4.79 Å². The zero-order valence-electron chi connectivity index (χ0n) is 9.55. The van der Waals surface area contributed by atoms with E-state index in [2.05, 4.69) is 0 Å². The first kappa shape index (κ1) is 11.5. The molecule has 0 aromatic rings. The van der Waals surface area contributed by atoms with Gasteiger partial charge in [0.05, 0.1) is 0 Å². The summed E-state index contributed by atoms with van der Waals surface area (Å²) in [5.74, 6) is 0.272. The lowest BCUT2D eigenvalue weighted by Gasteiger charge is -2.29. The predicted molar refractivity (Wildman–Crippen MR) is 57.9 cm³/mol. The second-order valence-corrected chi connectivity index (χ2v) is 5.12. The molecule has 0 bridgehead atoms. The molecule has 0 spiro atoms. The van der Waals surface area contributed by atoms with Crippen LogP contribution in [0.25, 0.3) is 0 Å². The Labute approximate surface area is 86.6 Å². The van der Waals surface area contributed by atoms with E-state index in [0.29, 0.717) is 12.6 Å². The molecule has 0 unspecified atom stereocenters. The van der Waals surface area contributed by atoms with E-state index in [1.54, 1.807) is 0 Å². The fraction of sp³-hybridized carbons (Fsp3) is 0.909. The summed E-state index contributed by atoms with van der Waals surface area (Å²) >= 11 is 0. The number of hydrogen-bond acceptors (Lipinski definition) is 2. The molecular formula is C11H22N2O. The van der Waals surface area contributed by atoms with Crippen LogP contribution in [0.3, 0.4) is 0 Å². The summed E-state index contributed by atoms with van der Waals surface area (Å²) in [6.45, 7) is 7.44. The van der Waals surface area contributed by atoms with Gasteiger partial charge in [-0.15, -0.1) is 0 Å². The monoisotopic (exact) mass is 198 g/mol. The van der Waals surface area contributed by atoms with E-state index < -0.39 is 0 Å². The standard InChI is InChI=1S/C11H22N2O/c1-11(2,3)10(14)13(8-4-7-12)9-5-6-9/h9H,4-8,12H2,1-3H3. The average Bonchev–Trinajstić information content (AvgIpc) is 2.86. The van der Waals surface area contributed by atoms with Gasteiger partial charge in [-0.05, 0) is 25.8 Å². The van der Waals surface area contributed by atoms with Crippen LogP contribution in [-0.4, -0.2) is 29.9 Å². The van der Waals surface area contributed by atoms with Crippen LogP contribution in [0.1, 0.15) is 40.0 Å². The van der Waals surface area contributed by atoms with Crippen molar-refractivity contribution in [2.45, 2.75) is 46.1 Å². The molecule has 14 heavy (non-hydrogen) atoms. The lowest BCUT2D eigenvalue weighted by molar-refractivity contribution is -0.140. The highest BCUT2D eigenvalue weighted by atomic mass is 16.2. The summed E-state index contributed by atoms with van der Waals surface area (Å²) in [4.78, 5) is 14.1. The summed E-state index contributed by atoms with van der Waals surface area (Å²) in [5, 5.41) is 0. The number of carbonyl (C=O) groups is 1. The van der Waals surface area contributed by atoms with Crippen molar-refractivity contribution in [1.82, 2.24) is 4.90 Å². The smallest absolute Gasteiger partial charge is 0.228 e. The maximum absolute atomic E-state index is 12.0. The molecule has 0 atom stereocenters. The van der Waals surface area contributed by atoms with Gasteiger partial charge in [-0.3, -0.25) is 4.79 Å². The first-order valence-electron chi connectivity index (χ1n) is 5.48. The Hall–Kier alpha value is -0.570. The molecule has 1 amide bonds. The molecule has 0 aliphatic heterocycles. The maximum atomic E-state index is 12.0. The van der Waals surface area contributed by atoms with Gasteiger partial charge in [-0.1, -0.05) is 20.8 Å². The Balaban J connectivity index is 2.53. The lowest BCUT2D eigenvalue weighted by Crippen LogP contribution is -2.42. The van der Waals surface area contributed by atoms with Gasteiger partial charge in [-0.25, -0.2) is 0 Å². The van der Waals surface area contributed by atoms with Crippen molar-refractivity contribution in [2.75, 3.05) is 13.1 Å². The van der Waals surface area contributed by atoms with Gasteiger partial charge in [0.1, 0.15) is 0 Å². The van der Waals surface area contributed by atoms with Crippen molar-refractivity contribution >= 4 is 5.91 Å². The summed E-state index contributed by atoms with van der Waals surface area (Å²) in [5.41, 5.74) is 5.22. The van der Waals surface area contributed by atoms with Gasteiger partial charge in [-0.2, -0.15) is 0 Å². The minimum atomic E-state index is -0.253. The van der Waals surface area contributed by atoms with E-state index in [1.165, 1.54) is 12.8 Å². The molecule has 82 valence electrons. The quantitative estimate of drug-likeness (QED) is 0.741. The molecule has 0 saturated heterocycles. The van der Waals surface area contributed by atoms with Crippen molar-refractivity contribution in [3.63, 3.8) is 0 Å². The molecule has 1 fully saturated rings. The van der Waals surface area contributed by atoms with Crippen molar-refractivity contribution in [3.8, 4) is 0 Å². The largest absolute Gasteiger partial charge is 0.339 e. The third-order valence-electron chi connectivity index (χ3n) is 2.49. The molecule has 0 aromatic carbocycles. The van der Waals surface area contributed by atoms with Crippen molar-refractivity contribution in [3.05, 3.63) is 0 Å². The molecule has 3 heteroatoms. The Morgan fingerprint density at radius 3 is 2.36 bits per heavy atom. The molecule has 1 aliphatic carbocycles. The highest BCUT2D eigenvalue weighted by Gasteiger charge is 2.36. The van der Waals surface area contributed by atoms with Gasteiger partial charge < -0.3 is 10.6 Å². The minimum absolute atomic E-state index is 0.253. The summed E-state index contributed by atoms with van der Waals surface area (Å²) in [6.07, 6.45) is 3.26. The van der Waals surface area contributed by atoms with Gasteiger partial charge in [0.25, 0.3) is 0 Å². The molecule has 0 radical (unpaired) electrons. The normalized spacial score (nSPS) is 16.9. The second kappa shape index (κ2) is 4.30. The fourth-order valence-electron chi connectivity index (χ4n) is 1.53. The van der Waals surface area contributed by atoms with E-state index in [-0.39, 0.29) is 11.3 Å². The van der Waals surface area contributed by atoms with Crippen LogP contribution in [0.4, 0.5) is 0 Å². The van der Waals surface area contributed by atoms with Crippen LogP contribution in [0.2, 0.25) is 0 Å². The number of rotatable bonds is 4. The van der Waals surface area contributed by atoms with E-state index in [4.69, 9.17) is 5.73 Å². The van der Waals surface area contributed by atoms with E-state index in [0.717, 1.165) is 13.0 Å². The maximum Gasteiger partial charge on any atom is 0.228 e.